The largest absolute Gasteiger partial charge is 0.497 e. The van der Waals surface area contributed by atoms with Crippen LogP contribution < -0.4 is 10.3 Å². The molecule has 0 aliphatic rings. The van der Waals surface area contributed by atoms with E-state index >= 15 is 0 Å². The average molecular weight is 385 g/mol. The van der Waals surface area contributed by atoms with Crippen molar-refractivity contribution in [1.29, 1.82) is 0 Å². The van der Waals surface area contributed by atoms with Gasteiger partial charge in [-0.2, -0.15) is 0 Å². The van der Waals surface area contributed by atoms with Gasteiger partial charge in [0.05, 0.1) is 24.5 Å². The molecule has 0 aliphatic carbocycles. The van der Waals surface area contributed by atoms with E-state index in [9.17, 15) is 4.79 Å². The van der Waals surface area contributed by atoms with Gasteiger partial charge < -0.3 is 4.74 Å². The molecule has 0 saturated heterocycles. The Bertz CT molecular complexity index is 1420. The maximum atomic E-state index is 13.2. The zero-order chi connectivity index (χ0) is 20.0. The van der Waals surface area contributed by atoms with Crippen molar-refractivity contribution in [3.63, 3.8) is 0 Å². The monoisotopic (exact) mass is 385 g/mol. The van der Waals surface area contributed by atoms with Gasteiger partial charge in [0.25, 0.3) is 5.56 Å². The van der Waals surface area contributed by atoms with Gasteiger partial charge in [-0.05, 0) is 42.8 Å². The van der Waals surface area contributed by atoms with Crippen LogP contribution in [0.3, 0.4) is 0 Å². The summed E-state index contributed by atoms with van der Waals surface area (Å²) in [5, 5.41) is 0.491. The van der Waals surface area contributed by atoms with E-state index in [-0.39, 0.29) is 5.56 Å². The van der Waals surface area contributed by atoms with Gasteiger partial charge in [-0.1, -0.05) is 19.1 Å². The maximum Gasteiger partial charge on any atom is 0.265 e. The summed E-state index contributed by atoms with van der Waals surface area (Å²) >= 11 is 0. The number of hydrogen-bond acceptors (Lipinski definition) is 5. The van der Waals surface area contributed by atoms with Crippen LogP contribution in [0.4, 0.5) is 0 Å². The molecule has 7 heteroatoms. The van der Waals surface area contributed by atoms with Crippen LogP contribution in [0.15, 0.2) is 59.7 Å². The van der Waals surface area contributed by atoms with Crippen LogP contribution in [0.5, 0.6) is 5.75 Å². The van der Waals surface area contributed by atoms with Crippen molar-refractivity contribution in [1.82, 2.24) is 24.1 Å². The molecule has 5 aromatic rings. The molecule has 3 aromatic heterocycles. The molecule has 5 rings (SSSR count). The van der Waals surface area contributed by atoms with Gasteiger partial charge in [0, 0.05) is 12.2 Å². The lowest BCUT2D eigenvalue weighted by Gasteiger charge is -2.08. The van der Waals surface area contributed by atoms with Gasteiger partial charge in [-0.3, -0.25) is 13.9 Å². The molecule has 0 atom stereocenters. The first-order chi connectivity index (χ1) is 14.2. The lowest BCUT2D eigenvalue weighted by atomic mass is 10.3. The molecule has 0 aliphatic heterocycles. The number of methoxy groups -OCH3 is 1. The summed E-state index contributed by atoms with van der Waals surface area (Å²) in [4.78, 5) is 27.5. The van der Waals surface area contributed by atoms with E-state index in [0.717, 1.165) is 28.9 Å². The van der Waals surface area contributed by atoms with Crippen molar-refractivity contribution >= 4 is 33.2 Å². The third-order valence-electron chi connectivity index (χ3n) is 5.03. The summed E-state index contributed by atoms with van der Waals surface area (Å²) < 4.78 is 8.80. The van der Waals surface area contributed by atoms with Crippen LogP contribution in [0.2, 0.25) is 0 Å². The molecule has 0 N–H and O–H groups in total. The molecule has 0 fully saturated rings. The van der Waals surface area contributed by atoms with Crippen molar-refractivity contribution < 1.29 is 4.74 Å². The number of fused-ring (bicyclic) bond motifs is 4. The highest BCUT2D eigenvalue weighted by atomic mass is 16.5. The standard InChI is InChI=1S/C22H19N5O2/c1-3-12-26-13-23-20-18(22(26)28)19-21(25-17-7-5-4-6-16(17)24-19)27(20)14-8-10-15(29-2)11-9-14/h4-11,13H,3,12H2,1-2H3. The van der Waals surface area contributed by atoms with E-state index in [1.165, 1.54) is 0 Å². The van der Waals surface area contributed by atoms with Gasteiger partial charge in [0.2, 0.25) is 0 Å². The maximum absolute atomic E-state index is 13.2. The molecule has 0 unspecified atom stereocenters. The molecule has 29 heavy (non-hydrogen) atoms. The van der Waals surface area contributed by atoms with Crippen molar-refractivity contribution in [2.75, 3.05) is 7.11 Å². The molecule has 0 spiro atoms. The third kappa shape index (κ3) is 2.66. The number of ether oxygens (including phenoxy) is 1. The minimum absolute atomic E-state index is 0.0984. The molecule has 2 aromatic carbocycles. The predicted octanol–water partition coefficient (Wildman–Crippen LogP) is 3.70. The summed E-state index contributed by atoms with van der Waals surface area (Å²) in [5.41, 5.74) is 4.00. The number of rotatable bonds is 4. The summed E-state index contributed by atoms with van der Waals surface area (Å²) in [6.45, 7) is 2.64. The van der Waals surface area contributed by atoms with Crippen LogP contribution in [0.25, 0.3) is 38.9 Å². The van der Waals surface area contributed by atoms with Crippen molar-refractivity contribution in [2.24, 2.45) is 0 Å². The zero-order valence-corrected chi connectivity index (χ0v) is 16.2. The Labute approximate surface area is 166 Å². The first kappa shape index (κ1) is 17.4. The van der Waals surface area contributed by atoms with E-state index < -0.39 is 0 Å². The SMILES string of the molecule is CCCn1cnc2c(c1=O)c1nc3ccccc3nc1n2-c1ccc(OC)cc1. The highest BCUT2D eigenvalue weighted by molar-refractivity contribution is 6.05. The molecule has 0 bridgehead atoms. The summed E-state index contributed by atoms with van der Waals surface area (Å²) in [6, 6.07) is 15.3. The smallest absolute Gasteiger partial charge is 0.265 e. The molecule has 0 amide bonds. The van der Waals surface area contributed by atoms with E-state index in [1.54, 1.807) is 18.0 Å². The second-order valence-electron chi connectivity index (χ2n) is 6.86. The van der Waals surface area contributed by atoms with Crippen LogP contribution in [-0.4, -0.2) is 31.2 Å². The van der Waals surface area contributed by atoms with Gasteiger partial charge in [0.15, 0.2) is 11.3 Å². The highest BCUT2D eigenvalue weighted by Gasteiger charge is 2.20. The zero-order valence-electron chi connectivity index (χ0n) is 16.2. The molecule has 0 radical (unpaired) electrons. The first-order valence-electron chi connectivity index (χ1n) is 9.52. The van der Waals surface area contributed by atoms with Crippen LogP contribution in [0.1, 0.15) is 13.3 Å². The lowest BCUT2D eigenvalue weighted by molar-refractivity contribution is 0.415. The van der Waals surface area contributed by atoms with E-state index in [2.05, 4.69) is 4.98 Å². The number of para-hydroxylation sites is 2. The number of aromatic nitrogens is 5. The summed E-state index contributed by atoms with van der Waals surface area (Å²) in [6.07, 6.45) is 2.45. The van der Waals surface area contributed by atoms with Gasteiger partial charge >= 0.3 is 0 Å². The van der Waals surface area contributed by atoms with Crippen molar-refractivity contribution in [3.05, 3.63) is 65.2 Å². The molecule has 7 nitrogen and oxygen atoms in total. The molecular formula is C22H19N5O2. The molecule has 3 heterocycles. The number of benzene rings is 2. The average Bonchev–Trinajstić information content (AvgIpc) is 3.08. The topological polar surface area (TPSA) is 74.8 Å². The quantitative estimate of drug-likeness (QED) is 0.472. The van der Waals surface area contributed by atoms with E-state index in [1.807, 2.05) is 60.0 Å². The fourth-order valence-corrected chi connectivity index (χ4v) is 3.65. The fourth-order valence-electron chi connectivity index (χ4n) is 3.65. The second-order valence-corrected chi connectivity index (χ2v) is 6.86. The highest BCUT2D eigenvalue weighted by Crippen LogP contribution is 2.28. The first-order valence-corrected chi connectivity index (χ1v) is 9.52. The minimum atomic E-state index is -0.0984. The Balaban J connectivity index is 1.94. The Morgan fingerprint density at radius 3 is 2.38 bits per heavy atom. The van der Waals surface area contributed by atoms with Crippen LogP contribution >= 0.6 is 0 Å². The van der Waals surface area contributed by atoms with Gasteiger partial charge in [-0.15, -0.1) is 0 Å². The Morgan fingerprint density at radius 1 is 0.966 bits per heavy atom. The Hall–Kier alpha value is -3.74. The van der Waals surface area contributed by atoms with E-state index in [0.29, 0.717) is 28.7 Å². The minimum Gasteiger partial charge on any atom is -0.497 e. The predicted molar refractivity (Wildman–Crippen MR) is 113 cm³/mol. The number of hydrogen-bond donors (Lipinski definition) is 0. The third-order valence-corrected chi connectivity index (χ3v) is 5.03. The second kappa shape index (κ2) is 6.70. The Kier molecular flexibility index (Phi) is 4.01. The molecule has 0 saturated carbocycles. The summed E-state index contributed by atoms with van der Waals surface area (Å²) in [7, 11) is 1.63. The fraction of sp³-hybridized carbons (Fsp3) is 0.182. The molecular weight excluding hydrogens is 366 g/mol. The summed E-state index contributed by atoms with van der Waals surface area (Å²) in [5.74, 6) is 0.754. The van der Waals surface area contributed by atoms with Crippen molar-refractivity contribution in [3.8, 4) is 11.4 Å². The normalized spacial score (nSPS) is 11.5. The van der Waals surface area contributed by atoms with Crippen LogP contribution in [-0.2, 0) is 6.54 Å². The molecule has 144 valence electrons. The number of aryl methyl sites for hydroxylation is 1. The van der Waals surface area contributed by atoms with E-state index in [4.69, 9.17) is 14.7 Å². The lowest BCUT2D eigenvalue weighted by Crippen LogP contribution is -2.20. The van der Waals surface area contributed by atoms with Crippen LogP contribution in [0, 0.1) is 0 Å². The van der Waals surface area contributed by atoms with Gasteiger partial charge in [0.1, 0.15) is 16.7 Å². The number of nitrogens with zero attached hydrogens (tertiary/aromatic N) is 5. The van der Waals surface area contributed by atoms with Gasteiger partial charge in [-0.25, -0.2) is 15.0 Å². The van der Waals surface area contributed by atoms with Crippen molar-refractivity contribution in [2.45, 2.75) is 19.9 Å². The Morgan fingerprint density at radius 2 is 1.69 bits per heavy atom.